The van der Waals surface area contributed by atoms with Crippen molar-refractivity contribution < 1.29 is 10.2 Å². The third-order valence-corrected chi connectivity index (χ3v) is 3.66. The Bertz CT molecular complexity index is 392. The summed E-state index contributed by atoms with van der Waals surface area (Å²) in [5.74, 6) is 1.23. The highest BCUT2D eigenvalue weighted by molar-refractivity contribution is 5.40. The third kappa shape index (κ3) is 2.91. The number of benzene rings is 1. The fraction of sp³-hybridized carbons (Fsp3) is 0.571. The quantitative estimate of drug-likeness (QED) is 0.706. The van der Waals surface area contributed by atoms with Crippen molar-refractivity contribution in [3.8, 4) is 11.5 Å². The van der Waals surface area contributed by atoms with Crippen LogP contribution in [0.4, 0.5) is 0 Å². The first-order valence-corrected chi connectivity index (χ1v) is 6.34. The van der Waals surface area contributed by atoms with Crippen molar-refractivity contribution in [1.82, 2.24) is 5.32 Å². The minimum atomic E-state index is 0.0670. The Kier molecular flexibility index (Phi) is 3.57. The van der Waals surface area contributed by atoms with Crippen LogP contribution in [-0.2, 0) is 0 Å². The summed E-state index contributed by atoms with van der Waals surface area (Å²) in [5.41, 5.74) is 0.768. The molecule has 3 unspecified atom stereocenters. The maximum atomic E-state index is 9.78. The fourth-order valence-electron chi connectivity index (χ4n) is 2.69. The van der Waals surface area contributed by atoms with Crippen LogP contribution >= 0.6 is 0 Å². The molecule has 0 aromatic heterocycles. The Morgan fingerprint density at radius 2 is 2.06 bits per heavy atom. The van der Waals surface area contributed by atoms with Crippen LogP contribution in [0.1, 0.15) is 44.7 Å². The molecule has 1 aromatic carbocycles. The van der Waals surface area contributed by atoms with E-state index in [-0.39, 0.29) is 17.5 Å². The van der Waals surface area contributed by atoms with E-state index in [2.05, 4.69) is 12.2 Å². The van der Waals surface area contributed by atoms with Gasteiger partial charge in [0.05, 0.1) is 0 Å². The lowest BCUT2D eigenvalue weighted by Gasteiger charge is -2.20. The minimum Gasteiger partial charge on any atom is -0.508 e. The van der Waals surface area contributed by atoms with Crippen molar-refractivity contribution in [1.29, 1.82) is 0 Å². The first kappa shape index (κ1) is 12.2. The lowest BCUT2D eigenvalue weighted by atomic mass is 10.0. The molecule has 1 saturated carbocycles. The Morgan fingerprint density at radius 1 is 1.29 bits per heavy atom. The van der Waals surface area contributed by atoms with Crippen molar-refractivity contribution in [3.63, 3.8) is 0 Å². The van der Waals surface area contributed by atoms with Crippen LogP contribution in [0.25, 0.3) is 0 Å². The van der Waals surface area contributed by atoms with Crippen molar-refractivity contribution in [2.75, 3.05) is 0 Å². The Morgan fingerprint density at radius 3 is 2.71 bits per heavy atom. The highest BCUT2D eigenvalue weighted by Crippen LogP contribution is 2.31. The van der Waals surface area contributed by atoms with E-state index in [0.29, 0.717) is 6.04 Å². The third-order valence-electron chi connectivity index (χ3n) is 3.66. The number of aromatic hydroxyl groups is 2. The second-order valence-corrected chi connectivity index (χ2v) is 5.25. The second-order valence-electron chi connectivity index (χ2n) is 5.25. The van der Waals surface area contributed by atoms with E-state index in [1.807, 2.05) is 6.92 Å². The molecular weight excluding hydrogens is 214 g/mol. The summed E-state index contributed by atoms with van der Waals surface area (Å²) in [6.07, 6.45) is 3.67. The molecule has 2 rings (SSSR count). The zero-order chi connectivity index (χ0) is 12.4. The first-order valence-electron chi connectivity index (χ1n) is 6.34. The van der Waals surface area contributed by atoms with Crippen molar-refractivity contribution in [2.45, 2.75) is 45.2 Å². The lowest BCUT2D eigenvalue weighted by molar-refractivity contribution is 0.415. The molecule has 0 aliphatic heterocycles. The smallest absolute Gasteiger partial charge is 0.120 e. The molecule has 1 aromatic rings. The van der Waals surface area contributed by atoms with Gasteiger partial charge in [0, 0.05) is 17.6 Å². The molecule has 0 saturated heterocycles. The first-order chi connectivity index (χ1) is 8.06. The molecular formula is C14H21NO2. The molecule has 0 heterocycles. The van der Waals surface area contributed by atoms with E-state index in [1.165, 1.54) is 25.3 Å². The molecule has 17 heavy (non-hydrogen) atoms. The number of phenolic OH excluding ortho intramolecular Hbond substituents is 2. The van der Waals surface area contributed by atoms with Gasteiger partial charge in [0.2, 0.25) is 0 Å². The monoisotopic (exact) mass is 235 g/mol. The highest BCUT2D eigenvalue weighted by Gasteiger charge is 2.23. The van der Waals surface area contributed by atoms with Gasteiger partial charge in [-0.05, 0) is 50.3 Å². The standard InChI is InChI=1S/C14H21NO2/c1-9-3-4-11(7-9)15-10(2)13-8-12(16)5-6-14(13)17/h5-6,8-11,15-17H,3-4,7H2,1-2H3. The van der Waals surface area contributed by atoms with Gasteiger partial charge in [-0.25, -0.2) is 0 Å². The summed E-state index contributed by atoms with van der Waals surface area (Å²) in [7, 11) is 0. The Hall–Kier alpha value is -1.22. The van der Waals surface area contributed by atoms with E-state index < -0.39 is 0 Å². The molecule has 3 N–H and O–H groups in total. The molecule has 0 radical (unpaired) electrons. The normalized spacial score (nSPS) is 26.0. The van der Waals surface area contributed by atoms with E-state index in [0.717, 1.165) is 11.5 Å². The van der Waals surface area contributed by atoms with Crippen LogP contribution in [0.3, 0.4) is 0 Å². The van der Waals surface area contributed by atoms with E-state index >= 15 is 0 Å². The van der Waals surface area contributed by atoms with Crippen LogP contribution in [0.2, 0.25) is 0 Å². The van der Waals surface area contributed by atoms with Crippen LogP contribution < -0.4 is 5.32 Å². The maximum absolute atomic E-state index is 9.78. The summed E-state index contributed by atoms with van der Waals surface area (Å²) in [5, 5.41) is 22.8. The van der Waals surface area contributed by atoms with Gasteiger partial charge in [-0.3, -0.25) is 0 Å². The van der Waals surface area contributed by atoms with Gasteiger partial charge in [0.25, 0.3) is 0 Å². The van der Waals surface area contributed by atoms with Crippen LogP contribution in [-0.4, -0.2) is 16.3 Å². The highest BCUT2D eigenvalue weighted by atomic mass is 16.3. The number of rotatable bonds is 3. The molecule has 0 bridgehead atoms. The molecule has 1 aliphatic carbocycles. The maximum Gasteiger partial charge on any atom is 0.120 e. The van der Waals surface area contributed by atoms with Crippen molar-refractivity contribution >= 4 is 0 Å². The van der Waals surface area contributed by atoms with Crippen molar-refractivity contribution in [2.24, 2.45) is 5.92 Å². The predicted octanol–water partition coefficient (Wildman–Crippen LogP) is 2.94. The summed E-state index contributed by atoms with van der Waals surface area (Å²) in [4.78, 5) is 0. The minimum absolute atomic E-state index is 0.0670. The van der Waals surface area contributed by atoms with Gasteiger partial charge in [-0.15, -0.1) is 0 Å². The lowest BCUT2D eigenvalue weighted by Crippen LogP contribution is -2.29. The Labute approximate surface area is 102 Å². The molecule has 3 nitrogen and oxygen atoms in total. The SMILES string of the molecule is CC1CCC(NC(C)c2cc(O)ccc2O)C1. The van der Waals surface area contributed by atoms with Crippen molar-refractivity contribution in [3.05, 3.63) is 23.8 Å². The number of hydrogen-bond donors (Lipinski definition) is 3. The molecule has 1 fully saturated rings. The summed E-state index contributed by atoms with van der Waals surface area (Å²) in [6.45, 7) is 4.30. The molecule has 0 amide bonds. The molecule has 3 atom stereocenters. The molecule has 0 spiro atoms. The average Bonchev–Trinajstić information content (AvgIpc) is 2.67. The number of phenols is 2. The number of hydrogen-bond acceptors (Lipinski definition) is 3. The van der Waals surface area contributed by atoms with Crippen LogP contribution in [0.15, 0.2) is 18.2 Å². The molecule has 1 aliphatic rings. The van der Waals surface area contributed by atoms with Gasteiger partial charge in [-0.2, -0.15) is 0 Å². The van der Waals surface area contributed by atoms with E-state index in [9.17, 15) is 10.2 Å². The zero-order valence-corrected chi connectivity index (χ0v) is 10.5. The van der Waals surface area contributed by atoms with E-state index in [4.69, 9.17) is 0 Å². The van der Waals surface area contributed by atoms with Crippen LogP contribution in [0, 0.1) is 5.92 Å². The molecule has 94 valence electrons. The van der Waals surface area contributed by atoms with Gasteiger partial charge in [0.1, 0.15) is 11.5 Å². The predicted molar refractivity (Wildman–Crippen MR) is 68.1 cm³/mol. The van der Waals surface area contributed by atoms with E-state index in [1.54, 1.807) is 12.1 Å². The fourth-order valence-corrected chi connectivity index (χ4v) is 2.69. The zero-order valence-electron chi connectivity index (χ0n) is 10.5. The summed E-state index contributed by atoms with van der Waals surface area (Å²) >= 11 is 0. The average molecular weight is 235 g/mol. The van der Waals surface area contributed by atoms with Gasteiger partial charge >= 0.3 is 0 Å². The largest absolute Gasteiger partial charge is 0.508 e. The Balaban J connectivity index is 2.04. The van der Waals surface area contributed by atoms with Crippen LogP contribution in [0.5, 0.6) is 11.5 Å². The van der Waals surface area contributed by atoms with Gasteiger partial charge < -0.3 is 15.5 Å². The van der Waals surface area contributed by atoms with Gasteiger partial charge in [0.15, 0.2) is 0 Å². The summed E-state index contributed by atoms with van der Waals surface area (Å²) in [6, 6.07) is 5.27. The summed E-state index contributed by atoms with van der Waals surface area (Å²) < 4.78 is 0. The molecule has 3 heteroatoms. The van der Waals surface area contributed by atoms with Gasteiger partial charge in [-0.1, -0.05) is 6.92 Å². The number of nitrogens with one attached hydrogen (secondary N) is 1. The second kappa shape index (κ2) is 4.96. The topological polar surface area (TPSA) is 52.5 Å².